The number of benzene rings is 1. The first-order valence-electron chi connectivity index (χ1n) is 7.33. The van der Waals surface area contributed by atoms with Gasteiger partial charge < -0.3 is 4.43 Å². The lowest BCUT2D eigenvalue weighted by molar-refractivity contribution is 0.406. The molecule has 0 saturated carbocycles. The van der Waals surface area contributed by atoms with E-state index in [9.17, 15) is 0 Å². The summed E-state index contributed by atoms with van der Waals surface area (Å²) in [6, 6.07) is 12.0. The maximum atomic E-state index is 5.89. The van der Waals surface area contributed by atoms with E-state index in [-0.39, 0.29) is 0 Å². The fourth-order valence-electron chi connectivity index (χ4n) is 2.40. The zero-order valence-electron chi connectivity index (χ0n) is 12.2. The molecule has 0 aliphatic rings. The molecule has 0 radical (unpaired) electrons. The minimum atomic E-state index is -1.67. The van der Waals surface area contributed by atoms with Crippen LogP contribution in [-0.4, -0.2) is 15.4 Å². The van der Waals surface area contributed by atoms with Crippen LogP contribution < -0.4 is 5.19 Å². The van der Waals surface area contributed by atoms with E-state index < -0.39 is 8.32 Å². The van der Waals surface area contributed by atoms with Gasteiger partial charge in [0, 0.05) is 7.11 Å². The topological polar surface area (TPSA) is 9.23 Å². The third kappa shape index (κ3) is 4.95. The Morgan fingerprint density at radius 1 is 0.944 bits per heavy atom. The lowest BCUT2D eigenvalue weighted by atomic mass is 10.1. The highest BCUT2D eigenvalue weighted by atomic mass is 28.4. The second kappa shape index (κ2) is 8.49. The summed E-state index contributed by atoms with van der Waals surface area (Å²) in [5.41, 5.74) is 0. The fourth-order valence-corrected chi connectivity index (χ4v) is 4.95. The molecular weight excluding hydrogens is 236 g/mol. The van der Waals surface area contributed by atoms with Gasteiger partial charge in [0.1, 0.15) is 0 Å². The van der Waals surface area contributed by atoms with Crippen LogP contribution in [0.3, 0.4) is 0 Å². The van der Waals surface area contributed by atoms with Gasteiger partial charge in [0.25, 0.3) is 0 Å². The van der Waals surface area contributed by atoms with Gasteiger partial charge in [0.05, 0.1) is 0 Å². The largest absolute Gasteiger partial charge is 0.416 e. The first-order valence-corrected chi connectivity index (χ1v) is 9.95. The van der Waals surface area contributed by atoms with Crippen LogP contribution in [0.25, 0.3) is 0 Å². The molecule has 0 aromatic heterocycles. The first-order chi connectivity index (χ1) is 8.73. The van der Waals surface area contributed by atoms with Crippen LogP contribution in [0.4, 0.5) is 0 Å². The van der Waals surface area contributed by atoms with Crippen molar-refractivity contribution in [2.45, 2.75) is 58.0 Å². The molecule has 0 aliphatic heterocycles. The Morgan fingerprint density at radius 2 is 1.56 bits per heavy atom. The van der Waals surface area contributed by atoms with E-state index in [0.717, 1.165) is 0 Å². The summed E-state index contributed by atoms with van der Waals surface area (Å²) < 4.78 is 5.89. The number of hydrogen-bond acceptors (Lipinski definition) is 1. The van der Waals surface area contributed by atoms with Crippen LogP contribution in [0.5, 0.6) is 0 Å². The lowest BCUT2D eigenvalue weighted by Gasteiger charge is -2.25. The molecule has 1 atom stereocenters. The van der Waals surface area contributed by atoms with Gasteiger partial charge >= 0.3 is 0 Å². The van der Waals surface area contributed by atoms with Crippen molar-refractivity contribution in [3.63, 3.8) is 0 Å². The van der Waals surface area contributed by atoms with E-state index in [1.807, 2.05) is 7.11 Å². The average molecular weight is 264 g/mol. The zero-order valence-corrected chi connectivity index (χ0v) is 13.2. The lowest BCUT2D eigenvalue weighted by Crippen LogP contribution is -2.46. The standard InChI is InChI=1S/C16H28OSi/c1-4-5-6-7-8-12-15-18(3,17-2)16-13-10-9-11-14-16/h9-11,13-14H,4-8,12,15H2,1-3H3. The molecule has 0 spiro atoms. The van der Waals surface area contributed by atoms with Gasteiger partial charge in [-0.15, -0.1) is 0 Å². The fraction of sp³-hybridized carbons (Fsp3) is 0.625. The molecule has 18 heavy (non-hydrogen) atoms. The maximum Gasteiger partial charge on any atom is 0.220 e. The van der Waals surface area contributed by atoms with E-state index in [0.29, 0.717) is 0 Å². The molecule has 0 N–H and O–H groups in total. The minimum Gasteiger partial charge on any atom is -0.416 e. The van der Waals surface area contributed by atoms with Crippen molar-refractivity contribution in [1.29, 1.82) is 0 Å². The van der Waals surface area contributed by atoms with Gasteiger partial charge in [-0.05, 0) is 17.8 Å². The van der Waals surface area contributed by atoms with E-state index in [1.165, 1.54) is 49.8 Å². The maximum absolute atomic E-state index is 5.89. The third-order valence-electron chi connectivity index (χ3n) is 3.84. The van der Waals surface area contributed by atoms with Gasteiger partial charge in [-0.1, -0.05) is 75.8 Å². The number of rotatable bonds is 9. The van der Waals surface area contributed by atoms with Crippen LogP contribution >= 0.6 is 0 Å². The van der Waals surface area contributed by atoms with Gasteiger partial charge in [-0.3, -0.25) is 0 Å². The van der Waals surface area contributed by atoms with Crippen LogP contribution in [-0.2, 0) is 4.43 Å². The molecule has 1 rings (SSSR count). The van der Waals surface area contributed by atoms with Crippen molar-refractivity contribution in [3.05, 3.63) is 30.3 Å². The third-order valence-corrected chi connectivity index (χ3v) is 7.61. The van der Waals surface area contributed by atoms with Crippen molar-refractivity contribution in [1.82, 2.24) is 0 Å². The molecule has 1 aromatic rings. The highest BCUT2D eigenvalue weighted by Gasteiger charge is 2.29. The Labute approximate surface area is 114 Å². The molecule has 0 amide bonds. The molecule has 1 nitrogen and oxygen atoms in total. The molecule has 0 fully saturated rings. The molecule has 0 heterocycles. The molecule has 0 saturated heterocycles. The van der Waals surface area contributed by atoms with Gasteiger partial charge in [-0.25, -0.2) is 0 Å². The summed E-state index contributed by atoms with van der Waals surface area (Å²) in [5.74, 6) is 0. The summed E-state index contributed by atoms with van der Waals surface area (Å²) in [4.78, 5) is 0. The van der Waals surface area contributed by atoms with Gasteiger partial charge in [-0.2, -0.15) is 0 Å². The Hall–Kier alpha value is -0.603. The van der Waals surface area contributed by atoms with Gasteiger partial charge in [0.2, 0.25) is 8.32 Å². The molecule has 2 heteroatoms. The average Bonchev–Trinajstić information content (AvgIpc) is 2.43. The van der Waals surface area contributed by atoms with Crippen molar-refractivity contribution in [2.75, 3.05) is 7.11 Å². The second-order valence-corrected chi connectivity index (χ2v) is 9.27. The first kappa shape index (κ1) is 15.5. The smallest absolute Gasteiger partial charge is 0.220 e. The second-order valence-electron chi connectivity index (χ2n) is 5.32. The number of unbranched alkanes of at least 4 members (excludes halogenated alkanes) is 5. The van der Waals surface area contributed by atoms with Crippen molar-refractivity contribution in [2.24, 2.45) is 0 Å². The summed E-state index contributed by atoms with van der Waals surface area (Å²) in [6.45, 7) is 4.61. The van der Waals surface area contributed by atoms with E-state index in [1.54, 1.807) is 0 Å². The monoisotopic (exact) mass is 264 g/mol. The van der Waals surface area contributed by atoms with E-state index in [2.05, 4.69) is 43.8 Å². The van der Waals surface area contributed by atoms with E-state index in [4.69, 9.17) is 4.43 Å². The Balaban J connectivity index is 2.37. The normalized spacial score (nSPS) is 14.4. The highest BCUT2D eigenvalue weighted by Crippen LogP contribution is 2.17. The predicted octanol–water partition coefficient (Wildman–Crippen LogP) is 4.48. The summed E-state index contributed by atoms with van der Waals surface area (Å²) in [7, 11) is 0.217. The van der Waals surface area contributed by atoms with E-state index >= 15 is 0 Å². The van der Waals surface area contributed by atoms with Crippen molar-refractivity contribution in [3.8, 4) is 0 Å². The molecule has 1 aromatic carbocycles. The quantitative estimate of drug-likeness (QED) is 0.472. The number of hydrogen-bond donors (Lipinski definition) is 0. The molecular formula is C16H28OSi. The Kier molecular flexibility index (Phi) is 7.29. The van der Waals surface area contributed by atoms with Crippen LogP contribution in [0, 0.1) is 0 Å². The summed E-state index contributed by atoms with van der Waals surface area (Å²) in [6.07, 6.45) is 8.17. The molecule has 0 bridgehead atoms. The summed E-state index contributed by atoms with van der Waals surface area (Å²) >= 11 is 0. The zero-order chi connectivity index (χ0) is 13.3. The molecule has 0 aliphatic carbocycles. The van der Waals surface area contributed by atoms with Crippen LogP contribution in [0.2, 0.25) is 12.6 Å². The van der Waals surface area contributed by atoms with Crippen molar-refractivity contribution >= 4 is 13.5 Å². The SMILES string of the molecule is CCCCCCCC[Si](C)(OC)c1ccccc1. The predicted molar refractivity (Wildman–Crippen MR) is 82.9 cm³/mol. The minimum absolute atomic E-state index is 1.25. The Morgan fingerprint density at radius 3 is 2.17 bits per heavy atom. The van der Waals surface area contributed by atoms with Crippen LogP contribution in [0.15, 0.2) is 30.3 Å². The molecule has 102 valence electrons. The van der Waals surface area contributed by atoms with Crippen molar-refractivity contribution < 1.29 is 4.43 Å². The highest BCUT2D eigenvalue weighted by molar-refractivity contribution is 6.85. The Bertz CT molecular complexity index is 312. The summed E-state index contributed by atoms with van der Waals surface area (Å²) in [5, 5.41) is 1.43. The van der Waals surface area contributed by atoms with Crippen LogP contribution in [0.1, 0.15) is 45.4 Å². The molecule has 1 unspecified atom stereocenters. The van der Waals surface area contributed by atoms with Gasteiger partial charge in [0.15, 0.2) is 0 Å².